The molecule has 1 atom stereocenters. The zero-order valence-corrected chi connectivity index (χ0v) is 11.5. The van der Waals surface area contributed by atoms with Crippen LogP contribution in [0.2, 0.25) is 0 Å². The number of hydrogen-bond acceptors (Lipinski definition) is 3. The Morgan fingerprint density at radius 1 is 1.28 bits per heavy atom. The van der Waals surface area contributed by atoms with Crippen molar-refractivity contribution in [1.29, 1.82) is 0 Å². The van der Waals surface area contributed by atoms with E-state index in [1.165, 1.54) is 18.4 Å². The Balaban J connectivity index is 2.10. The van der Waals surface area contributed by atoms with Crippen molar-refractivity contribution >= 4 is 10.0 Å². The first kappa shape index (κ1) is 13.5. The molecule has 1 aliphatic rings. The van der Waals surface area contributed by atoms with Gasteiger partial charge in [-0.3, -0.25) is 0 Å². The van der Waals surface area contributed by atoms with Crippen LogP contribution in [0.3, 0.4) is 0 Å². The maximum absolute atomic E-state index is 11.9. The molecule has 0 amide bonds. The second-order valence-corrected chi connectivity index (χ2v) is 7.19. The number of aliphatic hydroxyl groups is 1. The molecule has 1 N–H and O–H groups in total. The summed E-state index contributed by atoms with van der Waals surface area (Å²) in [6, 6.07) is 6.76. The van der Waals surface area contributed by atoms with Gasteiger partial charge in [-0.05, 0) is 42.9 Å². The fourth-order valence-electron chi connectivity index (χ4n) is 1.90. The summed E-state index contributed by atoms with van der Waals surface area (Å²) >= 11 is 0. The first-order chi connectivity index (χ1) is 8.41. The van der Waals surface area contributed by atoms with E-state index in [2.05, 4.69) is 0 Å². The molecular formula is C13H19NO3S. The molecule has 100 valence electrons. The Kier molecular flexibility index (Phi) is 3.75. The molecule has 2 rings (SSSR count). The smallest absolute Gasteiger partial charge is 0.242 e. The maximum Gasteiger partial charge on any atom is 0.242 e. The van der Waals surface area contributed by atoms with E-state index in [4.69, 9.17) is 0 Å². The predicted octanol–water partition coefficient (Wildman–Crippen LogP) is 1.25. The molecule has 0 bridgehead atoms. The molecule has 1 aromatic carbocycles. The van der Waals surface area contributed by atoms with E-state index >= 15 is 0 Å². The average molecular weight is 269 g/mol. The summed E-state index contributed by atoms with van der Waals surface area (Å²) in [6.07, 6.45) is 2.52. The Morgan fingerprint density at radius 2 is 1.83 bits per heavy atom. The van der Waals surface area contributed by atoms with Crippen molar-refractivity contribution in [3.05, 3.63) is 29.8 Å². The molecule has 1 aromatic rings. The number of benzene rings is 1. The van der Waals surface area contributed by atoms with E-state index in [0.717, 1.165) is 18.4 Å². The van der Waals surface area contributed by atoms with Gasteiger partial charge in [-0.25, -0.2) is 12.7 Å². The molecule has 1 unspecified atom stereocenters. The van der Waals surface area contributed by atoms with Crippen molar-refractivity contribution in [1.82, 2.24) is 4.31 Å². The summed E-state index contributed by atoms with van der Waals surface area (Å²) in [4.78, 5) is 0.289. The van der Waals surface area contributed by atoms with Crippen LogP contribution in [0.5, 0.6) is 0 Å². The first-order valence-corrected chi connectivity index (χ1v) is 7.55. The zero-order chi connectivity index (χ0) is 13.3. The van der Waals surface area contributed by atoms with Gasteiger partial charge in [-0.1, -0.05) is 12.1 Å². The summed E-state index contributed by atoms with van der Waals surface area (Å²) in [5.41, 5.74) is 0.979. The summed E-state index contributed by atoms with van der Waals surface area (Å²) in [5, 5.41) is 9.83. The van der Waals surface area contributed by atoms with Crippen LogP contribution in [0.1, 0.15) is 18.4 Å². The summed E-state index contributed by atoms with van der Waals surface area (Å²) in [5.74, 6) is 0.440. The van der Waals surface area contributed by atoms with Crippen LogP contribution in [0.15, 0.2) is 29.2 Å². The summed E-state index contributed by atoms with van der Waals surface area (Å²) in [6.45, 7) is 0. The SMILES string of the molecule is CN(C)S(=O)(=O)c1ccc(CC(O)C2CC2)cc1. The van der Waals surface area contributed by atoms with Crippen LogP contribution in [-0.2, 0) is 16.4 Å². The topological polar surface area (TPSA) is 57.6 Å². The number of hydrogen-bond donors (Lipinski definition) is 1. The van der Waals surface area contributed by atoms with Crippen molar-refractivity contribution < 1.29 is 13.5 Å². The van der Waals surface area contributed by atoms with Gasteiger partial charge in [0.2, 0.25) is 10.0 Å². The third-order valence-electron chi connectivity index (χ3n) is 3.31. The van der Waals surface area contributed by atoms with Crippen molar-refractivity contribution in [2.24, 2.45) is 5.92 Å². The van der Waals surface area contributed by atoms with Crippen LogP contribution in [0, 0.1) is 5.92 Å². The van der Waals surface area contributed by atoms with Gasteiger partial charge >= 0.3 is 0 Å². The minimum atomic E-state index is -3.36. The maximum atomic E-state index is 11.9. The lowest BCUT2D eigenvalue weighted by molar-refractivity contribution is 0.151. The highest BCUT2D eigenvalue weighted by molar-refractivity contribution is 7.89. The van der Waals surface area contributed by atoms with E-state index in [1.807, 2.05) is 0 Å². The van der Waals surface area contributed by atoms with Gasteiger partial charge in [-0.15, -0.1) is 0 Å². The molecule has 4 nitrogen and oxygen atoms in total. The monoisotopic (exact) mass is 269 g/mol. The van der Waals surface area contributed by atoms with Crippen LogP contribution in [0.25, 0.3) is 0 Å². The van der Waals surface area contributed by atoms with E-state index < -0.39 is 10.0 Å². The lowest BCUT2D eigenvalue weighted by atomic mass is 10.1. The van der Waals surface area contributed by atoms with Crippen molar-refractivity contribution in [3.63, 3.8) is 0 Å². The largest absolute Gasteiger partial charge is 0.392 e. The van der Waals surface area contributed by atoms with Crippen molar-refractivity contribution in [2.45, 2.75) is 30.3 Å². The summed E-state index contributed by atoms with van der Waals surface area (Å²) < 4.78 is 24.9. The number of aliphatic hydroxyl groups excluding tert-OH is 1. The Bertz CT molecular complexity index is 504. The molecule has 1 aliphatic carbocycles. The summed E-state index contributed by atoms with van der Waals surface area (Å²) in [7, 11) is -0.327. The Morgan fingerprint density at radius 3 is 2.28 bits per heavy atom. The zero-order valence-electron chi connectivity index (χ0n) is 10.7. The molecule has 5 heteroatoms. The van der Waals surface area contributed by atoms with E-state index in [9.17, 15) is 13.5 Å². The van der Waals surface area contributed by atoms with Crippen molar-refractivity contribution in [3.8, 4) is 0 Å². The van der Waals surface area contributed by atoms with Gasteiger partial charge in [0.25, 0.3) is 0 Å². The highest BCUT2D eigenvalue weighted by atomic mass is 32.2. The van der Waals surface area contributed by atoms with Gasteiger partial charge in [0.05, 0.1) is 11.0 Å². The average Bonchev–Trinajstić information content (AvgIpc) is 3.13. The van der Waals surface area contributed by atoms with Crippen LogP contribution >= 0.6 is 0 Å². The minimum Gasteiger partial charge on any atom is -0.392 e. The fourth-order valence-corrected chi connectivity index (χ4v) is 2.80. The van der Waals surface area contributed by atoms with Crippen LogP contribution < -0.4 is 0 Å². The molecule has 0 heterocycles. The molecule has 0 spiro atoms. The number of sulfonamides is 1. The van der Waals surface area contributed by atoms with Crippen LogP contribution in [-0.4, -0.2) is 38.0 Å². The molecule has 0 radical (unpaired) electrons. The van der Waals surface area contributed by atoms with Crippen LogP contribution in [0.4, 0.5) is 0 Å². The molecule has 0 aliphatic heterocycles. The second kappa shape index (κ2) is 4.99. The quantitative estimate of drug-likeness (QED) is 0.875. The highest BCUT2D eigenvalue weighted by Gasteiger charge is 2.29. The lowest BCUT2D eigenvalue weighted by Crippen LogP contribution is -2.22. The molecule has 1 saturated carbocycles. The Labute approximate surface area is 108 Å². The third-order valence-corrected chi connectivity index (χ3v) is 5.14. The molecule has 0 saturated heterocycles. The van der Waals surface area contributed by atoms with Gasteiger partial charge in [0.1, 0.15) is 0 Å². The van der Waals surface area contributed by atoms with E-state index in [-0.39, 0.29) is 11.0 Å². The van der Waals surface area contributed by atoms with Gasteiger partial charge in [0.15, 0.2) is 0 Å². The second-order valence-electron chi connectivity index (χ2n) is 5.04. The molecule has 18 heavy (non-hydrogen) atoms. The minimum absolute atomic E-state index is 0.289. The van der Waals surface area contributed by atoms with E-state index in [0.29, 0.717) is 12.3 Å². The normalized spacial score (nSPS) is 18.0. The van der Waals surface area contributed by atoms with Crippen molar-refractivity contribution in [2.75, 3.05) is 14.1 Å². The first-order valence-electron chi connectivity index (χ1n) is 6.11. The van der Waals surface area contributed by atoms with Gasteiger partial charge in [0, 0.05) is 14.1 Å². The lowest BCUT2D eigenvalue weighted by Gasteiger charge is -2.12. The Hall–Kier alpha value is -0.910. The third kappa shape index (κ3) is 2.91. The van der Waals surface area contributed by atoms with Gasteiger partial charge in [-0.2, -0.15) is 0 Å². The number of rotatable bonds is 5. The van der Waals surface area contributed by atoms with Gasteiger partial charge < -0.3 is 5.11 Å². The molecule has 0 aromatic heterocycles. The molecular weight excluding hydrogens is 250 g/mol. The fraction of sp³-hybridized carbons (Fsp3) is 0.538. The van der Waals surface area contributed by atoms with E-state index in [1.54, 1.807) is 24.3 Å². The predicted molar refractivity (Wildman–Crippen MR) is 69.7 cm³/mol. The number of nitrogens with zero attached hydrogens (tertiary/aromatic N) is 1. The highest BCUT2D eigenvalue weighted by Crippen LogP contribution is 2.34. The molecule has 1 fully saturated rings. The standard InChI is InChI=1S/C13H19NO3S/c1-14(2)18(16,17)12-7-3-10(4-8-12)9-13(15)11-5-6-11/h3-4,7-8,11,13,15H,5-6,9H2,1-2H3.